The lowest BCUT2D eigenvalue weighted by molar-refractivity contribution is 0.503. The van der Waals surface area contributed by atoms with Gasteiger partial charge in [-0.25, -0.2) is 0 Å². The van der Waals surface area contributed by atoms with E-state index in [1.165, 1.54) is 11.3 Å². The SMILES string of the molecule is Clc1cccc(C2=CSCN2CCBr)c1. The molecule has 1 aliphatic heterocycles. The summed E-state index contributed by atoms with van der Waals surface area (Å²) >= 11 is 11.3. The average Bonchev–Trinajstić information content (AvgIpc) is 2.66. The molecule has 0 amide bonds. The number of hydrogen-bond acceptors (Lipinski definition) is 2. The van der Waals surface area contributed by atoms with Gasteiger partial charge in [-0.05, 0) is 23.1 Å². The zero-order chi connectivity index (χ0) is 10.7. The van der Waals surface area contributed by atoms with Gasteiger partial charge < -0.3 is 4.90 Å². The van der Waals surface area contributed by atoms with Gasteiger partial charge in [0.2, 0.25) is 0 Å². The molecule has 1 aromatic carbocycles. The Morgan fingerprint density at radius 3 is 3.07 bits per heavy atom. The van der Waals surface area contributed by atoms with Crippen LogP contribution in [0.1, 0.15) is 5.56 Å². The molecule has 0 saturated heterocycles. The molecule has 4 heteroatoms. The van der Waals surface area contributed by atoms with Crippen molar-refractivity contribution in [2.24, 2.45) is 0 Å². The summed E-state index contributed by atoms with van der Waals surface area (Å²) in [5, 5.41) is 3.99. The van der Waals surface area contributed by atoms with Crippen LogP contribution in [0.15, 0.2) is 29.7 Å². The minimum atomic E-state index is 0.795. The molecule has 0 spiro atoms. The molecule has 0 aliphatic carbocycles. The Balaban J connectivity index is 2.22. The molecule has 80 valence electrons. The molecule has 1 aromatic rings. The summed E-state index contributed by atoms with van der Waals surface area (Å²) in [7, 11) is 0. The van der Waals surface area contributed by atoms with E-state index in [2.05, 4.69) is 32.3 Å². The van der Waals surface area contributed by atoms with E-state index in [0.29, 0.717) is 0 Å². The maximum atomic E-state index is 5.99. The number of rotatable bonds is 3. The first-order chi connectivity index (χ1) is 7.31. The largest absolute Gasteiger partial charge is 0.360 e. The summed E-state index contributed by atoms with van der Waals surface area (Å²) in [6.45, 7) is 1.03. The third-order valence-electron chi connectivity index (χ3n) is 2.24. The van der Waals surface area contributed by atoms with Gasteiger partial charge in [0.15, 0.2) is 0 Å². The molecule has 0 N–H and O–H groups in total. The smallest absolute Gasteiger partial charge is 0.0681 e. The zero-order valence-corrected chi connectivity index (χ0v) is 11.3. The molecule has 1 aliphatic rings. The van der Waals surface area contributed by atoms with Gasteiger partial charge in [-0.3, -0.25) is 0 Å². The van der Waals surface area contributed by atoms with Crippen molar-refractivity contribution in [1.82, 2.24) is 4.90 Å². The van der Waals surface area contributed by atoms with Crippen LogP contribution in [0.25, 0.3) is 5.70 Å². The Labute approximate surface area is 108 Å². The van der Waals surface area contributed by atoms with E-state index in [1.54, 1.807) is 0 Å². The van der Waals surface area contributed by atoms with Crippen molar-refractivity contribution < 1.29 is 0 Å². The Morgan fingerprint density at radius 2 is 2.33 bits per heavy atom. The maximum Gasteiger partial charge on any atom is 0.0681 e. The van der Waals surface area contributed by atoms with Gasteiger partial charge in [-0.15, -0.1) is 11.8 Å². The van der Waals surface area contributed by atoms with E-state index >= 15 is 0 Å². The van der Waals surface area contributed by atoms with Gasteiger partial charge >= 0.3 is 0 Å². The second-order valence-electron chi connectivity index (χ2n) is 3.26. The van der Waals surface area contributed by atoms with Crippen LogP contribution in [-0.2, 0) is 0 Å². The first-order valence-corrected chi connectivity index (χ1v) is 7.24. The predicted octanol–water partition coefficient (Wildman–Crippen LogP) is 4.04. The molecule has 0 unspecified atom stereocenters. The van der Waals surface area contributed by atoms with Gasteiger partial charge in [0.05, 0.1) is 11.6 Å². The van der Waals surface area contributed by atoms with Gasteiger partial charge in [-0.1, -0.05) is 39.7 Å². The van der Waals surface area contributed by atoms with E-state index in [1.807, 2.05) is 30.0 Å². The molecule has 0 aromatic heterocycles. The number of thioether (sulfide) groups is 1. The number of benzene rings is 1. The number of halogens is 2. The van der Waals surface area contributed by atoms with E-state index < -0.39 is 0 Å². The number of alkyl halides is 1. The van der Waals surface area contributed by atoms with Crippen LogP contribution in [0.2, 0.25) is 5.02 Å². The fourth-order valence-electron chi connectivity index (χ4n) is 1.54. The van der Waals surface area contributed by atoms with Crippen LogP contribution < -0.4 is 0 Å². The van der Waals surface area contributed by atoms with Crippen molar-refractivity contribution in [3.05, 3.63) is 40.3 Å². The van der Waals surface area contributed by atoms with Crippen LogP contribution in [0.5, 0.6) is 0 Å². The summed E-state index contributed by atoms with van der Waals surface area (Å²) in [5.41, 5.74) is 2.48. The highest BCUT2D eigenvalue weighted by atomic mass is 79.9. The van der Waals surface area contributed by atoms with Crippen molar-refractivity contribution in [3.63, 3.8) is 0 Å². The Kier molecular flexibility index (Phi) is 4.00. The molecule has 0 atom stereocenters. The summed E-state index contributed by atoms with van der Waals surface area (Å²) in [6.07, 6.45) is 0. The highest BCUT2D eigenvalue weighted by Crippen LogP contribution is 2.31. The third-order valence-corrected chi connectivity index (χ3v) is 3.68. The first kappa shape index (κ1) is 11.4. The number of nitrogens with zero attached hydrogens (tertiary/aromatic N) is 1. The Hall–Kier alpha value is -0.120. The van der Waals surface area contributed by atoms with Crippen LogP contribution in [0, 0.1) is 0 Å². The third kappa shape index (κ3) is 2.71. The zero-order valence-electron chi connectivity index (χ0n) is 8.12. The van der Waals surface area contributed by atoms with E-state index in [9.17, 15) is 0 Å². The highest BCUT2D eigenvalue weighted by molar-refractivity contribution is 9.09. The first-order valence-electron chi connectivity index (χ1n) is 4.70. The van der Waals surface area contributed by atoms with Crippen molar-refractivity contribution in [2.45, 2.75) is 0 Å². The maximum absolute atomic E-state index is 5.99. The van der Waals surface area contributed by atoms with E-state index in [4.69, 9.17) is 11.6 Å². The van der Waals surface area contributed by atoms with Crippen LogP contribution in [-0.4, -0.2) is 22.7 Å². The van der Waals surface area contributed by atoms with Gasteiger partial charge in [0.25, 0.3) is 0 Å². The number of hydrogen-bond donors (Lipinski definition) is 0. The summed E-state index contributed by atoms with van der Waals surface area (Å²) in [6, 6.07) is 8.02. The minimum absolute atomic E-state index is 0.795. The molecule has 1 heterocycles. The van der Waals surface area contributed by atoms with Crippen LogP contribution >= 0.6 is 39.3 Å². The van der Waals surface area contributed by atoms with Crippen LogP contribution in [0.3, 0.4) is 0 Å². The normalized spacial score (nSPS) is 15.6. The van der Waals surface area contributed by atoms with Crippen molar-refractivity contribution in [1.29, 1.82) is 0 Å². The monoisotopic (exact) mass is 303 g/mol. The molecule has 1 nitrogen and oxygen atoms in total. The Bertz CT molecular complexity index is 381. The second kappa shape index (κ2) is 5.28. The highest BCUT2D eigenvalue weighted by Gasteiger charge is 2.16. The standard InChI is InChI=1S/C11H11BrClNS/c12-4-5-14-8-15-7-11(14)9-2-1-3-10(13)6-9/h1-3,6-7H,4-5,8H2. The summed E-state index contributed by atoms with van der Waals surface area (Å²) in [5.74, 6) is 1.04. The Morgan fingerprint density at radius 1 is 1.47 bits per heavy atom. The van der Waals surface area contributed by atoms with Gasteiger partial charge in [-0.2, -0.15) is 0 Å². The minimum Gasteiger partial charge on any atom is -0.360 e. The topological polar surface area (TPSA) is 3.24 Å². The summed E-state index contributed by atoms with van der Waals surface area (Å²) < 4.78 is 0. The van der Waals surface area contributed by atoms with Crippen molar-refractivity contribution in [2.75, 3.05) is 17.8 Å². The quantitative estimate of drug-likeness (QED) is 0.775. The molecular weight excluding hydrogens is 294 g/mol. The predicted molar refractivity (Wildman–Crippen MR) is 72.4 cm³/mol. The molecule has 0 bridgehead atoms. The lowest BCUT2D eigenvalue weighted by Crippen LogP contribution is -2.20. The molecule has 15 heavy (non-hydrogen) atoms. The average molecular weight is 305 g/mol. The van der Waals surface area contributed by atoms with E-state index in [-0.39, 0.29) is 0 Å². The lowest BCUT2D eigenvalue weighted by Gasteiger charge is -2.20. The second-order valence-corrected chi connectivity index (χ2v) is 5.32. The molecule has 2 rings (SSSR count). The fourth-order valence-corrected chi connectivity index (χ4v) is 3.12. The summed E-state index contributed by atoms with van der Waals surface area (Å²) in [4.78, 5) is 2.35. The van der Waals surface area contributed by atoms with Gasteiger partial charge in [0.1, 0.15) is 0 Å². The van der Waals surface area contributed by atoms with Crippen LogP contribution in [0.4, 0.5) is 0 Å². The molecule has 0 saturated carbocycles. The van der Waals surface area contributed by atoms with Crippen molar-refractivity contribution >= 4 is 45.0 Å². The van der Waals surface area contributed by atoms with E-state index in [0.717, 1.165) is 22.8 Å². The fraction of sp³-hybridized carbons (Fsp3) is 0.273. The van der Waals surface area contributed by atoms with Gasteiger partial charge in [0, 0.05) is 16.9 Å². The molecular formula is C11H11BrClNS. The molecule has 0 fully saturated rings. The van der Waals surface area contributed by atoms with Crippen molar-refractivity contribution in [3.8, 4) is 0 Å². The molecule has 0 radical (unpaired) electrons. The lowest BCUT2D eigenvalue weighted by atomic mass is 10.1.